The average molecular weight is 360 g/mol. The van der Waals surface area contributed by atoms with Crippen LogP contribution in [0.3, 0.4) is 0 Å². The van der Waals surface area contributed by atoms with Crippen LogP contribution in [0.15, 0.2) is 48.5 Å². The number of rotatable bonds is 4. The van der Waals surface area contributed by atoms with Gasteiger partial charge in [-0.25, -0.2) is 4.79 Å². The minimum atomic E-state index is -0.318. The molecule has 2 aromatic rings. The van der Waals surface area contributed by atoms with Crippen LogP contribution in [-0.4, -0.2) is 32.3 Å². The topological polar surface area (TPSA) is 53.6 Å². The Bertz CT molecular complexity index is 713. The number of piperidine rings is 1. The number of ether oxygens (including phenoxy) is 1. The largest absolute Gasteiger partial charge is 0.381 e. The van der Waals surface area contributed by atoms with Crippen molar-refractivity contribution in [1.82, 2.24) is 0 Å². The molecule has 2 amide bonds. The molecule has 2 N–H and O–H groups in total. The number of hydrogen-bond donors (Lipinski definition) is 2. The van der Waals surface area contributed by atoms with E-state index in [0.717, 1.165) is 37.3 Å². The third-order valence-electron chi connectivity index (χ3n) is 4.39. The Balaban J connectivity index is 1.56. The third kappa shape index (κ3) is 4.65. The highest BCUT2D eigenvalue weighted by molar-refractivity contribution is 6.33. The number of anilines is 3. The molecule has 6 heteroatoms. The molecule has 0 aliphatic carbocycles. The van der Waals surface area contributed by atoms with Crippen LogP contribution in [-0.2, 0) is 4.74 Å². The van der Waals surface area contributed by atoms with E-state index in [2.05, 4.69) is 15.5 Å². The van der Waals surface area contributed by atoms with Crippen LogP contribution in [0.5, 0.6) is 0 Å². The van der Waals surface area contributed by atoms with Crippen molar-refractivity contribution in [2.75, 3.05) is 35.7 Å². The number of nitrogens with zero attached hydrogens (tertiary/aromatic N) is 1. The van der Waals surface area contributed by atoms with E-state index < -0.39 is 0 Å². The van der Waals surface area contributed by atoms with Crippen LogP contribution in [0.1, 0.15) is 12.8 Å². The third-order valence-corrected chi connectivity index (χ3v) is 4.72. The van der Waals surface area contributed by atoms with Crippen molar-refractivity contribution in [1.29, 1.82) is 0 Å². The number of carbonyl (C=O) groups is 1. The molecule has 1 aliphatic heterocycles. The maximum absolute atomic E-state index is 12.1. The van der Waals surface area contributed by atoms with E-state index in [1.165, 1.54) is 0 Å². The fourth-order valence-corrected chi connectivity index (χ4v) is 3.14. The second-order valence-corrected chi connectivity index (χ2v) is 6.44. The van der Waals surface area contributed by atoms with Crippen LogP contribution in [0.25, 0.3) is 0 Å². The monoisotopic (exact) mass is 359 g/mol. The number of hydrogen-bond acceptors (Lipinski definition) is 3. The zero-order valence-corrected chi connectivity index (χ0v) is 14.9. The summed E-state index contributed by atoms with van der Waals surface area (Å²) in [7, 11) is 1.77. The minimum absolute atomic E-state index is 0.318. The van der Waals surface area contributed by atoms with Gasteiger partial charge in [0.25, 0.3) is 0 Å². The first-order valence-electron chi connectivity index (χ1n) is 8.36. The van der Waals surface area contributed by atoms with Gasteiger partial charge in [0.2, 0.25) is 0 Å². The van der Waals surface area contributed by atoms with Crippen LogP contribution in [0.4, 0.5) is 21.9 Å². The van der Waals surface area contributed by atoms with E-state index in [4.69, 9.17) is 16.3 Å². The minimum Gasteiger partial charge on any atom is -0.381 e. The Morgan fingerprint density at radius 1 is 1.08 bits per heavy atom. The van der Waals surface area contributed by atoms with E-state index in [1.54, 1.807) is 19.2 Å². The fraction of sp³-hybridized carbons (Fsp3) is 0.316. The van der Waals surface area contributed by atoms with Crippen molar-refractivity contribution in [2.45, 2.75) is 18.9 Å². The van der Waals surface area contributed by atoms with Crippen LogP contribution < -0.4 is 15.5 Å². The lowest BCUT2D eigenvalue weighted by atomic mass is 10.1. The lowest BCUT2D eigenvalue weighted by Crippen LogP contribution is -2.36. The van der Waals surface area contributed by atoms with Crippen molar-refractivity contribution in [2.24, 2.45) is 0 Å². The van der Waals surface area contributed by atoms with E-state index in [0.29, 0.717) is 16.8 Å². The summed E-state index contributed by atoms with van der Waals surface area (Å²) in [6.45, 7) is 1.97. The second-order valence-electron chi connectivity index (χ2n) is 6.03. The van der Waals surface area contributed by atoms with Crippen molar-refractivity contribution in [3.8, 4) is 0 Å². The molecule has 5 nitrogen and oxygen atoms in total. The Morgan fingerprint density at radius 2 is 1.76 bits per heavy atom. The number of para-hydroxylation sites is 1. The summed E-state index contributed by atoms with van der Waals surface area (Å²) in [4.78, 5) is 14.4. The highest BCUT2D eigenvalue weighted by atomic mass is 35.5. The predicted octanol–water partition coefficient (Wildman–Crippen LogP) is 4.60. The first-order valence-corrected chi connectivity index (χ1v) is 8.74. The molecule has 0 radical (unpaired) electrons. The van der Waals surface area contributed by atoms with Crippen molar-refractivity contribution < 1.29 is 9.53 Å². The lowest BCUT2D eigenvalue weighted by molar-refractivity contribution is 0.0819. The van der Waals surface area contributed by atoms with Gasteiger partial charge in [0, 0.05) is 31.6 Å². The zero-order valence-electron chi connectivity index (χ0n) is 14.2. The highest BCUT2D eigenvalue weighted by Gasteiger charge is 2.18. The maximum Gasteiger partial charge on any atom is 0.323 e. The Kier molecular flexibility index (Phi) is 5.79. The van der Waals surface area contributed by atoms with Gasteiger partial charge in [-0.1, -0.05) is 23.7 Å². The summed E-state index contributed by atoms with van der Waals surface area (Å²) in [5.41, 5.74) is 2.48. The Labute approximate surface area is 152 Å². The molecule has 2 aromatic carbocycles. The van der Waals surface area contributed by atoms with E-state index >= 15 is 0 Å². The van der Waals surface area contributed by atoms with Crippen LogP contribution in [0, 0.1) is 0 Å². The molecule has 132 valence electrons. The molecule has 0 spiro atoms. The van der Waals surface area contributed by atoms with Gasteiger partial charge in [-0.3, -0.25) is 0 Å². The fourth-order valence-electron chi connectivity index (χ4n) is 2.95. The second kappa shape index (κ2) is 8.23. The molecular weight excluding hydrogens is 338 g/mol. The number of amides is 2. The molecule has 0 aromatic heterocycles. The number of methoxy groups -OCH3 is 1. The smallest absolute Gasteiger partial charge is 0.323 e. The molecule has 0 bridgehead atoms. The molecule has 0 saturated carbocycles. The SMILES string of the molecule is COC1CCN(c2ccc(NC(=O)Nc3ccccc3Cl)cc2)CC1. The summed E-state index contributed by atoms with van der Waals surface area (Å²) in [5, 5.41) is 6.07. The van der Waals surface area contributed by atoms with Gasteiger partial charge in [-0.15, -0.1) is 0 Å². The van der Waals surface area contributed by atoms with E-state index in [9.17, 15) is 4.79 Å². The standard InChI is InChI=1S/C19H22ClN3O2/c1-25-16-10-12-23(13-11-16)15-8-6-14(7-9-15)21-19(24)22-18-5-3-2-4-17(18)20/h2-9,16H,10-13H2,1H3,(H2,21,22,24). The number of urea groups is 1. The lowest BCUT2D eigenvalue weighted by Gasteiger charge is -2.33. The van der Waals surface area contributed by atoms with Gasteiger partial charge in [-0.05, 0) is 49.2 Å². The highest BCUT2D eigenvalue weighted by Crippen LogP contribution is 2.24. The number of nitrogens with one attached hydrogen (secondary N) is 2. The summed E-state index contributed by atoms with van der Waals surface area (Å²) < 4.78 is 5.40. The van der Waals surface area contributed by atoms with Crippen molar-refractivity contribution >= 4 is 34.7 Å². The Hall–Kier alpha value is -2.24. The summed E-state index contributed by atoms with van der Waals surface area (Å²) >= 11 is 6.04. The molecule has 1 saturated heterocycles. The molecule has 1 heterocycles. The quantitative estimate of drug-likeness (QED) is 0.838. The zero-order chi connectivity index (χ0) is 17.6. The van der Waals surface area contributed by atoms with E-state index in [1.807, 2.05) is 36.4 Å². The van der Waals surface area contributed by atoms with Gasteiger partial charge >= 0.3 is 6.03 Å². The first-order chi connectivity index (χ1) is 12.2. The van der Waals surface area contributed by atoms with Gasteiger partial charge in [0.1, 0.15) is 0 Å². The molecule has 25 heavy (non-hydrogen) atoms. The summed E-state index contributed by atoms with van der Waals surface area (Å²) in [5.74, 6) is 0. The van der Waals surface area contributed by atoms with Crippen molar-refractivity contribution in [3.05, 3.63) is 53.6 Å². The van der Waals surface area contributed by atoms with E-state index in [-0.39, 0.29) is 6.03 Å². The first kappa shape index (κ1) is 17.6. The molecule has 0 atom stereocenters. The van der Waals surface area contributed by atoms with Gasteiger partial charge < -0.3 is 20.3 Å². The maximum atomic E-state index is 12.1. The van der Waals surface area contributed by atoms with Gasteiger partial charge in [0.05, 0.1) is 16.8 Å². The Morgan fingerprint density at radius 3 is 2.40 bits per heavy atom. The molecular formula is C19H22ClN3O2. The number of benzene rings is 2. The predicted molar refractivity (Wildman–Crippen MR) is 103 cm³/mol. The summed E-state index contributed by atoms with van der Waals surface area (Å²) in [6.07, 6.45) is 2.44. The summed E-state index contributed by atoms with van der Waals surface area (Å²) in [6, 6.07) is 14.7. The van der Waals surface area contributed by atoms with Gasteiger partial charge in [0.15, 0.2) is 0 Å². The van der Waals surface area contributed by atoms with Crippen LogP contribution >= 0.6 is 11.6 Å². The normalized spacial score (nSPS) is 15.0. The van der Waals surface area contributed by atoms with Crippen molar-refractivity contribution in [3.63, 3.8) is 0 Å². The number of carbonyl (C=O) groups excluding carboxylic acids is 1. The average Bonchev–Trinajstić information content (AvgIpc) is 2.64. The molecule has 3 rings (SSSR count). The molecule has 0 unspecified atom stereocenters. The van der Waals surface area contributed by atoms with Crippen LogP contribution in [0.2, 0.25) is 5.02 Å². The molecule has 1 fully saturated rings. The molecule has 1 aliphatic rings. The van der Waals surface area contributed by atoms with Gasteiger partial charge in [-0.2, -0.15) is 0 Å². The number of halogens is 1.